The molecule has 2 aliphatic rings. The molecule has 0 saturated carbocycles. The standard InChI is InChI=1S/C14H22N2O4/c1-9(10(2)14(18)19)13(17)15-6-12-7-16-5-3-4-11(16)8-20-12/h11-12H,3-8H2,1-2H3,(H,15,17)(H,18,19). The molecule has 2 unspecified atom stereocenters. The molecule has 6 heteroatoms. The average molecular weight is 282 g/mol. The highest BCUT2D eigenvalue weighted by atomic mass is 16.5. The van der Waals surface area contributed by atoms with Crippen LogP contribution in [-0.2, 0) is 14.3 Å². The Morgan fingerprint density at radius 3 is 2.80 bits per heavy atom. The smallest absolute Gasteiger partial charge is 0.331 e. The monoisotopic (exact) mass is 282 g/mol. The van der Waals surface area contributed by atoms with E-state index in [4.69, 9.17) is 9.84 Å². The number of carbonyl (C=O) groups excluding carboxylic acids is 1. The van der Waals surface area contributed by atoms with Gasteiger partial charge in [-0.3, -0.25) is 9.69 Å². The third kappa shape index (κ3) is 3.37. The summed E-state index contributed by atoms with van der Waals surface area (Å²) >= 11 is 0. The lowest BCUT2D eigenvalue weighted by Crippen LogP contribution is -2.50. The number of hydrogen-bond acceptors (Lipinski definition) is 4. The fraction of sp³-hybridized carbons (Fsp3) is 0.714. The van der Waals surface area contributed by atoms with Gasteiger partial charge in [0.05, 0.1) is 12.7 Å². The zero-order valence-electron chi connectivity index (χ0n) is 12.0. The van der Waals surface area contributed by atoms with Gasteiger partial charge in [0.15, 0.2) is 0 Å². The van der Waals surface area contributed by atoms with Crippen LogP contribution < -0.4 is 5.32 Å². The second kappa shape index (κ2) is 6.37. The van der Waals surface area contributed by atoms with Crippen molar-refractivity contribution in [2.24, 2.45) is 0 Å². The molecule has 0 radical (unpaired) electrons. The van der Waals surface area contributed by atoms with Gasteiger partial charge in [0, 0.05) is 30.3 Å². The molecule has 6 nitrogen and oxygen atoms in total. The zero-order chi connectivity index (χ0) is 14.7. The first kappa shape index (κ1) is 15.0. The van der Waals surface area contributed by atoms with Crippen molar-refractivity contribution in [1.82, 2.24) is 10.2 Å². The summed E-state index contributed by atoms with van der Waals surface area (Å²) in [4.78, 5) is 25.1. The highest BCUT2D eigenvalue weighted by Gasteiger charge is 2.32. The Morgan fingerprint density at radius 1 is 1.35 bits per heavy atom. The molecule has 0 bridgehead atoms. The molecule has 1 amide bonds. The van der Waals surface area contributed by atoms with E-state index >= 15 is 0 Å². The molecule has 0 aliphatic carbocycles. The second-order valence-corrected chi connectivity index (χ2v) is 5.51. The molecule has 112 valence electrons. The summed E-state index contributed by atoms with van der Waals surface area (Å²) < 4.78 is 5.74. The molecule has 2 rings (SSSR count). The van der Waals surface area contributed by atoms with Crippen molar-refractivity contribution >= 4 is 11.9 Å². The number of carboxylic acids is 1. The summed E-state index contributed by atoms with van der Waals surface area (Å²) in [6.45, 7) is 6.05. The lowest BCUT2D eigenvalue weighted by atomic mass is 10.1. The Balaban J connectivity index is 1.82. The Bertz CT molecular complexity index is 433. The first-order chi connectivity index (χ1) is 9.49. The Labute approximate surface area is 118 Å². The van der Waals surface area contributed by atoms with E-state index < -0.39 is 5.97 Å². The van der Waals surface area contributed by atoms with Crippen molar-refractivity contribution in [2.45, 2.75) is 38.8 Å². The first-order valence-electron chi connectivity index (χ1n) is 7.03. The van der Waals surface area contributed by atoms with E-state index in [2.05, 4.69) is 10.2 Å². The minimum absolute atomic E-state index is 0.00812. The van der Waals surface area contributed by atoms with E-state index in [-0.39, 0.29) is 23.2 Å². The van der Waals surface area contributed by atoms with Gasteiger partial charge in [0.25, 0.3) is 0 Å². The summed E-state index contributed by atoms with van der Waals surface area (Å²) in [7, 11) is 0. The fourth-order valence-electron chi connectivity index (χ4n) is 2.68. The van der Waals surface area contributed by atoms with Gasteiger partial charge in [-0.1, -0.05) is 0 Å². The normalized spacial score (nSPS) is 27.7. The topological polar surface area (TPSA) is 78.9 Å². The van der Waals surface area contributed by atoms with Crippen molar-refractivity contribution < 1.29 is 19.4 Å². The number of carbonyl (C=O) groups is 2. The molecule has 0 aromatic carbocycles. The predicted octanol–water partition coefficient (Wildman–Crippen LogP) is 0.387. The van der Waals surface area contributed by atoms with E-state index in [0.29, 0.717) is 12.6 Å². The van der Waals surface area contributed by atoms with Crippen molar-refractivity contribution in [3.05, 3.63) is 11.1 Å². The first-order valence-corrected chi connectivity index (χ1v) is 7.03. The van der Waals surface area contributed by atoms with E-state index in [9.17, 15) is 9.59 Å². The van der Waals surface area contributed by atoms with Gasteiger partial charge in [-0.25, -0.2) is 4.79 Å². The largest absolute Gasteiger partial charge is 0.478 e. The van der Waals surface area contributed by atoms with E-state index in [1.54, 1.807) is 0 Å². The maximum atomic E-state index is 11.9. The summed E-state index contributed by atoms with van der Waals surface area (Å²) in [5.74, 6) is -1.40. The quantitative estimate of drug-likeness (QED) is 0.729. The van der Waals surface area contributed by atoms with Crippen LogP contribution >= 0.6 is 0 Å². The van der Waals surface area contributed by atoms with Gasteiger partial charge >= 0.3 is 5.97 Å². The number of morpholine rings is 1. The molecule has 0 spiro atoms. The van der Waals surface area contributed by atoms with E-state index in [1.165, 1.54) is 26.7 Å². The fourth-order valence-corrected chi connectivity index (χ4v) is 2.68. The van der Waals surface area contributed by atoms with Gasteiger partial charge in [0.1, 0.15) is 0 Å². The molecular weight excluding hydrogens is 260 g/mol. The highest BCUT2D eigenvalue weighted by Crippen LogP contribution is 2.22. The van der Waals surface area contributed by atoms with Crippen LogP contribution in [-0.4, -0.2) is 60.3 Å². The van der Waals surface area contributed by atoms with Crippen LogP contribution in [0.2, 0.25) is 0 Å². The Morgan fingerprint density at radius 2 is 2.10 bits per heavy atom. The van der Waals surface area contributed by atoms with E-state index in [1.807, 2.05) is 0 Å². The summed E-state index contributed by atoms with van der Waals surface area (Å²) in [6.07, 6.45) is 2.40. The maximum absolute atomic E-state index is 11.9. The van der Waals surface area contributed by atoms with Crippen molar-refractivity contribution in [3.63, 3.8) is 0 Å². The van der Waals surface area contributed by atoms with Crippen LogP contribution in [0.5, 0.6) is 0 Å². The lowest BCUT2D eigenvalue weighted by molar-refractivity contribution is -0.133. The van der Waals surface area contributed by atoms with Crippen LogP contribution in [0, 0.1) is 0 Å². The molecule has 0 aromatic rings. The third-order valence-electron chi connectivity index (χ3n) is 4.18. The minimum Gasteiger partial charge on any atom is -0.478 e. The lowest BCUT2D eigenvalue weighted by Gasteiger charge is -2.35. The minimum atomic E-state index is -1.06. The molecule has 2 saturated heterocycles. The number of aliphatic carboxylic acids is 1. The number of ether oxygens (including phenoxy) is 1. The maximum Gasteiger partial charge on any atom is 0.331 e. The van der Waals surface area contributed by atoms with Gasteiger partial charge in [-0.2, -0.15) is 0 Å². The third-order valence-corrected chi connectivity index (χ3v) is 4.18. The van der Waals surface area contributed by atoms with Crippen LogP contribution in [0.3, 0.4) is 0 Å². The molecular formula is C14H22N2O4. The van der Waals surface area contributed by atoms with Gasteiger partial charge in [0.2, 0.25) is 5.91 Å². The Kier molecular flexibility index (Phi) is 4.77. The molecule has 2 atom stereocenters. The molecule has 0 aromatic heterocycles. The van der Waals surface area contributed by atoms with Gasteiger partial charge < -0.3 is 15.2 Å². The number of rotatable bonds is 4. The van der Waals surface area contributed by atoms with E-state index in [0.717, 1.165) is 19.7 Å². The summed E-state index contributed by atoms with van der Waals surface area (Å²) in [5, 5.41) is 11.6. The molecule has 2 N–H and O–H groups in total. The summed E-state index contributed by atoms with van der Waals surface area (Å²) in [6, 6.07) is 0.540. The molecule has 20 heavy (non-hydrogen) atoms. The zero-order valence-corrected chi connectivity index (χ0v) is 12.0. The number of amides is 1. The van der Waals surface area contributed by atoms with Crippen molar-refractivity contribution in [2.75, 3.05) is 26.2 Å². The number of fused-ring (bicyclic) bond motifs is 1. The SMILES string of the molecule is CC(C(=O)O)=C(C)C(=O)NCC1CN2CCCC2CO1. The van der Waals surface area contributed by atoms with Crippen LogP contribution in [0.4, 0.5) is 0 Å². The molecule has 2 heterocycles. The average Bonchev–Trinajstić information content (AvgIpc) is 2.90. The van der Waals surface area contributed by atoms with Gasteiger partial charge in [-0.05, 0) is 33.2 Å². The van der Waals surface area contributed by atoms with Crippen molar-refractivity contribution in [1.29, 1.82) is 0 Å². The van der Waals surface area contributed by atoms with Crippen LogP contribution in [0.1, 0.15) is 26.7 Å². The number of carboxylic acid groups (broad SMARTS) is 1. The van der Waals surface area contributed by atoms with Crippen molar-refractivity contribution in [3.8, 4) is 0 Å². The number of nitrogens with zero attached hydrogens (tertiary/aromatic N) is 1. The number of hydrogen-bond donors (Lipinski definition) is 2. The Hall–Kier alpha value is -1.40. The van der Waals surface area contributed by atoms with Crippen LogP contribution in [0.15, 0.2) is 11.1 Å². The van der Waals surface area contributed by atoms with Crippen LogP contribution in [0.25, 0.3) is 0 Å². The highest BCUT2D eigenvalue weighted by molar-refractivity contribution is 6.01. The molecule has 2 fully saturated rings. The predicted molar refractivity (Wildman–Crippen MR) is 73.4 cm³/mol. The number of nitrogens with one attached hydrogen (secondary N) is 1. The molecule has 2 aliphatic heterocycles. The summed E-state index contributed by atoms with van der Waals surface area (Å²) in [5.41, 5.74) is 0.319. The second-order valence-electron chi connectivity index (χ2n) is 5.51. The van der Waals surface area contributed by atoms with Gasteiger partial charge in [-0.15, -0.1) is 0 Å².